The number of rotatable bonds is 3. The van der Waals surface area contributed by atoms with Crippen LogP contribution in [0.2, 0.25) is 0 Å². The minimum atomic E-state index is -0.191. The summed E-state index contributed by atoms with van der Waals surface area (Å²) < 4.78 is 0. The van der Waals surface area contributed by atoms with Crippen molar-refractivity contribution in [3.63, 3.8) is 0 Å². The van der Waals surface area contributed by atoms with Crippen LogP contribution in [0.1, 0.15) is 31.9 Å². The summed E-state index contributed by atoms with van der Waals surface area (Å²) in [6.45, 7) is 6.09. The van der Waals surface area contributed by atoms with E-state index in [0.29, 0.717) is 11.3 Å². The molecule has 0 spiro atoms. The molecule has 1 aromatic rings. The van der Waals surface area contributed by atoms with E-state index < -0.39 is 0 Å². The SMILES string of the molecule is CC(C)(C)NCC(=O)Nc1ccc(C#N)c(C#N)c1. The molecule has 1 aromatic carbocycles. The first-order valence-electron chi connectivity index (χ1n) is 5.85. The van der Waals surface area contributed by atoms with Crippen molar-refractivity contribution in [1.82, 2.24) is 5.32 Å². The zero-order chi connectivity index (χ0) is 14.5. The summed E-state index contributed by atoms with van der Waals surface area (Å²) in [5.41, 5.74) is 0.925. The number of hydrogen-bond donors (Lipinski definition) is 2. The van der Waals surface area contributed by atoms with Crippen LogP contribution >= 0.6 is 0 Å². The lowest BCUT2D eigenvalue weighted by atomic mass is 10.1. The Labute approximate surface area is 112 Å². The van der Waals surface area contributed by atoms with Crippen LogP contribution in [0.4, 0.5) is 5.69 Å². The van der Waals surface area contributed by atoms with Gasteiger partial charge in [-0.1, -0.05) is 0 Å². The van der Waals surface area contributed by atoms with Crippen molar-refractivity contribution in [3.05, 3.63) is 29.3 Å². The van der Waals surface area contributed by atoms with Gasteiger partial charge in [-0.05, 0) is 39.0 Å². The van der Waals surface area contributed by atoms with Gasteiger partial charge in [0.25, 0.3) is 0 Å². The van der Waals surface area contributed by atoms with Gasteiger partial charge in [-0.3, -0.25) is 4.79 Å². The Morgan fingerprint density at radius 3 is 2.37 bits per heavy atom. The summed E-state index contributed by atoms with van der Waals surface area (Å²) in [5, 5.41) is 23.4. The fourth-order valence-corrected chi connectivity index (χ4v) is 1.36. The molecule has 5 nitrogen and oxygen atoms in total. The number of nitrogens with one attached hydrogen (secondary N) is 2. The van der Waals surface area contributed by atoms with Crippen LogP contribution in [0.3, 0.4) is 0 Å². The number of nitrogens with zero attached hydrogens (tertiary/aromatic N) is 2. The molecule has 0 aliphatic heterocycles. The van der Waals surface area contributed by atoms with Gasteiger partial charge in [0, 0.05) is 11.2 Å². The van der Waals surface area contributed by atoms with Crippen molar-refractivity contribution in [2.24, 2.45) is 0 Å². The predicted molar refractivity (Wildman–Crippen MR) is 72.3 cm³/mol. The third kappa shape index (κ3) is 4.79. The van der Waals surface area contributed by atoms with E-state index in [9.17, 15) is 4.79 Å². The summed E-state index contributed by atoms with van der Waals surface area (Å²) in [6, 6.07) is 8.47. The molecule has 0 saturated heterocycles. The highest BCUT2D eigenvalue weighted by Crippen LogP contribution is 2.14. The fourth-order valence-electron chi connectivity index (χ4n) is 1.36. The molecule has 19 heavy (non-hydrogen) atoms. The first-order valence-corrected chi connectivity index (χ1v) is 5.85. The predicted octanol–water partition coefficient (Wildman–Crippen LogP) is 1.76. The van der Waals surface area contributed by atoms with Crippen LogP contribution in [0, 0.1) is 22.7 Å². The van der Waals surface area contributed by atoms with Crippen LogP contribution in [-0.2, 0) is 4.79 Å². The number of nitriles is 2. The van der Waals surface area contributed by atoms with E-state index in [1.54, 1.807) is 6.07 Å². The van der Waals surface area contributed by atoms with E-state index in [1.807, 2.05) is 32.9 Å². The molecule has 98 valence electrons. The van der Waals surface area contributed by atoms with E-state index >= 15 is 0 Å². The molecule has 0 atom stereocenters. The Kier molecular flexibility index (Phi) is 4.63. The average molecular weight is 256 g/mol. The van der Waals surface area contributed by atoms with E-state index in [-0.39, 0.29) is 23.6 Å². The lowest BCUT2D eigenvalue weighted by Gasteiger charge is -2.20. The van der Waals surface area contributed by atoms with Gasteiger partial charge < -0.3 is 10.6 Å². The molecular weight excluding hydrogens is 240 g/mol. The molecule has 5 heteroatoms. The summed E-state index contributed by atoms with van der Waals surface area (Å²) >= 11 is 0. The van der Waals surface area contributed by atoms with E-state index in [2.05, 4.69) is 10.6 Å². The van der Waals surface area contributed by atoms with Crippen LogP contribution < -0.4 is 10.6 Å². The summed E-state index contributed by atoms with van der Waals surface area (Å²) in [7, 11) is 0. The third-order valence-electron chi connectivity index (χ3n) is 2.32. The first-order chi connectivity index (χ1) is 8.85. The number of benzene rings is 1. The minimum Gasteiger partial charge on any atom is -0.325 e. The summed E-state index contributed by atoms with van der Waals surface area (Å²) in [4.78, 5) is 11.7. The summed E-state index contributed by atoms with van der Waals surface area (Å²) in [6.07, 6.45) is 0. The van der Waals surface area contributed by atoms with Crippen LogP contribution in [0.15, 0.2) is 18.2 Å². The van der Waals surface area contributed by atoms with E-state index in [0.717, 1.165) is 0 Å². The van der Waals surface area contributed by atoms with Gasteiger partial charge in [0.15, 0.2) is 0 Å². The normalized spacial score (nSPS) is 10.4. The largest absolute Gasteiger partial charge is 0.325 e. The molecule has 0 fully saturated rings. The average Bonchev–Trinajstić information content (AvgIpc) is 2.35. The van der Waals surface area contributed by atoms with Crippen LogP contribution in [-0.4, -0.2) is 18.0 Å². The smallest absolute Gasteiger partial charge is 0.238 e. The van der Waals surface area contributed by atoms with Crippen molar-refractivity contribution in [3.8, 4) is 12.1 Å². The number of amides is 1. The maximum absolute atomic E-state index is 11.7. The second kappa shape index (κ2) is 5.99. The number of anilines is 1. The molecule has 0 heterocycles. The molecule has 2 N–H and O–H groups in total. The topological polar surface area (TPSA) is 88.7 Å². The van der Waals surface area contributed by atoms with Crippen molar-refractivity contribution in [2.45, 2.75) is 26.3 Å². The highest BCUT2D eigenvalue weighted by Gasteiger charge is 2.12. The maximum Gasteiger partial charge on any atom is 0.238 e. The summed E-state index contributed by atoms with van der Waals surface area (Å²) in [5.74, 6) is -0.191. The van der Waals surface area contributed by atoms with E-state index in [4.69, 9.17) is 10.5 Å². The number of carbonyl (C=O) groups excluding carboxylic acids is 1. The Morgan fingerprint density at radius 2 is 1.84 bits per heavy atom. The minimum absolute atomic E-state index is 0.139. The molecule has 0 unspecified atom stereocenters. The standard InChI is InChI=1S/C14H16N4O/c1-14(2,3)17-9-13(19)18-12-5-4-10(7-15)11(6-12)8-16/h4-6,17H,9H2,1-3H3,(H,18,19). The fraction of sp³-hybridized carbons (Fsp3) is 0.357. The second-order valence-electron chi connectivity index (χ2n) is 5.14. The highest BCUT2D eigenvalue weighted by atomic mass is 16.1. The lowest BCUT2D eigenvalue weighted by Crippen LogP contribution is -2.41. The molecule has 0 aliphatic carbocycles. The van der Waals surface area contributed by atoms with Crippen LogP contribution in [0.25, 0.3) is 0 Å². The Morgan fingerprint density at radius 1 is 1.21 bits per heavy atom. The quantitative estimate of drug-likeness (QED) is 0.862. The second-order valence-corrected chi connectivity index (χ2v) is 5.14. The third-order valence-corrected chi connectivity index (χ3v) is 2.32. The van der Waals surface area contributed by atoms with Gasteiger partial charge in [-0.2, -0.15) is 10.5 Å². The van der Waals surface area contributed by atoms with Gasteiger partial charge in [0.1, 0.15) is 12.1 Å². The van der Waals surface area contributed by atoms with Gasteiger partial charge in [-0.15, -0.1) is 0 Å². The Bertz CT molecular complexity index is 558. The lowest BCUT2D eigenvalue weighted by molar-refractivity contribution is -0.115. The maximum atomic E-state index is 11.7. The molecule has 1 rings (SSSR count). The number of carbonyl (C=O) groups is 1. The zero-order valence-electron chi connectivity index (χ0n) is 11.2. The van der Waals surface area contributed by atoms with Crippen LogP contribution in [0.5, 0.6) is 0 Å². The molecule has 0 aliphatic rings. The zero-order valence-corrected chi connectivity index (χ0v) is 11.2. The Hall–Kier alpha value is -2.37. The number of hydrogen-bond acceptors (Lipinski definition) is 4. The van der Waals surface area contributed by atoms with Gasteiger partial charge >= 0.3 is 0 Å². The van der Waals surface area contributed by atoms with Crippen molar-refractivity contribution < 1.29 is 4.79 Å². The monoisotopic (exact) mass is 256 g/mol. The molecule has 0 saturated carbocycles. The van der Waals surface area contributed by atoms with Crippen molar-refractivity contribution in [1.29, 1.82) is 10.5 Å². The highest BCUT2D eigenvalue weighted by molar-refractivity contribution is 5.92. The molecule has 0 radical (unpaired) electrons. The Balaban J connectivity index is 2.71. The molecule has 0 aromatic heterocycles. The molecule has 1 amide bonds. The van der Waals surface area contributed by atoms with Gasteiger partial charge in [0.05, 0.1) is 17.7 Å². The van der Waals surface area contributed by atoms with Crippen molar-refractivity contribution >= 4 is 11.6 Å². The first kappa shape index (κ1) is 14.7. The van der Waals surface area contributed by atoms with Gasteiger partial charge in [0.2, 0.25) is 5.91 Å². The van der Waals surface area contributed by atoms with Crippen molar-refractivity contribution in [2.75, 3.05) is 11.9 Å². The van der Waals surface area contributed by atoms with E-state index in [1.165, 1.54) is 12.1 Å². The molecular formula is C14H16N4O. The molecule has 0 bridgehead atoms. The van der Waals surface area contributed by atoms with Gasteiger partial charge in [-0.25, -0.2) is 0 Å².